The van der Waals surface area contributed by atoms with Crippen LogP contribution in [0, 0.1) is 40.4 Å². The van der Waals surface area contributed by atoms with Crippen LogP contribution in [-0.2, 0) is 14.3 Å². The number of rotatable bonds is 9. The van der Waals surface area contributed by atoms with Crippen molar-refractivity contribution in [3.8, 4) is 0 Å². The van der Waals surface area contributed by atoms with Gasteiger partial charge in [0.2, 0.25) is 5.91 Å². The average molecular weight is 516 g/mol. The van der Waals surface area contributed by atoms with Crippen LogP contribution in [0.25, 0.3) is 0 Å². The number of nitrogens with one attached hydrogen (secondary N) is 1. The third-order valence-electron chi connectivity index (χ3n) is 11.3. The van der Waals surface area contributed by atoms with Crippen LogP contribution >= 0.6 is 0 Å². The summed E-state index contributed by atoms with van der Waals surface area (Å²) in [6.07, 6.45) is 14.7. The Morgan fingerprint density at radius 1 is 1.14 bits per heavy atom. The molecule has 0 radical (unpaired) electrons. The zero-order chi connectivity index (χ0) is 27.0. The molecule has 3 fully saturated rings. The molecule has 0 aromatic carbocycles. The molecule has 0 aromatic heterocycles. The van der Waals surface area contributed by atoms with Crippen molar-refractivity contribution < 1.29 is 19.4 Å². The lowest BCUT2D eigenvalue weighted by atomic mass is 9.47. The summed E-state index contributed by atoms with van der Waals surface area (Å²) in [6.45, 7) is 13.6. The first-order valence-electron chi connectivity index (χ1n) is 15.2. The van der Waals surface area contributed by atoms with E-state index in [1.807, 2.05) is 13.8 Å². The van der Waals surface area contributed by atoms with E-state index in [9.17, 15) is 14.7 Å². The van der Waals surface area contributed by atoms with E-state index in [1.54, 1.807) is 12.5 Å². The summed E-state index contributed by atoms with van der Waals surface area (Å²) in [5.41, 5.74) is 1.71. The number of hydrogen-bond donors (Lipinski definition) is 2. The molecule has 4 aliphatic rings. The Morgan fingerprint density at radius 3 is 2.59 bits per heavy atom. The Bertz CT molecular complexity index is 875. The summed E-state index contributed by atoms with van der Waals surface area (Å²) in [5, 5.41) is 13.5. The predicted molar refractivity (Wildman–Crippen MR) is 148 cm³/mol. The maximum atomic E-state index is 12.5. The van der Waals surface area contributed by atoms with Gasteiger partial charge in [0.25, 0.3) is 0 Å². The second kappa shape index (κ2) is 11.0. The molecule has 0 aromatic rings. The normalized spacial score (nSPS) is 38.0. The SMILES string of the molecule is CCOC(=O)CCC(=O)NC1CCC2(C)C(=CCC3C2CCC2(C)C(C(C)CCC(C)(C)O)CCC32)C1. The topological polar surface area (TPSA) is 75.6 Å². The summed E-state index contributed by atoms with van der Waals surface area (Å²) in [6, 6.07) is 0.187. The fraction of sp³-hybridized carbons (Fsp3) is 0.875. The highest BCUT2D eigenvalue weighted by molar-refractivity contribution is 5.81. The quantitative estimate of drug-likeness (QED) is 0.269. The van der Waals surface area contributed by atoms with Crippen molar-refractivity contribution in [3.05, 3.63) is 11.6 Å². The van der Waals surface area contributed by atoms with Gasteiger partial charge >= 0.3 is 5.97 Å². The molecule has 5 nitrogen and oxygen atoms in total. The summed E-state index contributed by atoms with van der Waals surface area (Å²) < 4.78 is 4.96. The highest BCUT2D eigenvalue weighted by Gasteiger charge is 2.59. The zero-order valence-electron chi connectivity index (χ0n) is 24.4. The third-order valence-corrected chi connectivity index (χ3v) is 11.3. The minimum Gasteiger partial charge on any atom is -0.466 e. The number of amides is 1. The fourth-order valence-corrected chi connectivity index (χ4v) is 9.29. The molecule has 37 heavy (non-hydrogen) atoms. The van der Waals surface area contributed by atoms with Gasteiger partial charge in [0, 0.05) is 12.5 Å². The molecule has 0 spiro atoms. The molecule has 4 aliphatic carbocycles. The maximum Gasteiger partial charge on any atom is 0.306 e. The standard InChI is InChI=1S/C32H53NO4/c1-7-37-29(35)13-12-28(34)33-23-15-18-31(5)22(20-23)8-9-24-26-11-10-25(21(2)14-17-30(3,4)36)32(26,6)19-16-27(24)31/h8,21,23-27,36H,7,9-20H2,1-6H3,(H,33,34). The van der Waals surface area contributed by atoms with Crippen LogP contribution in [0.5, 0.6) is 0 Å². The van der Waals surface area contributed by atoms with Gasteiger partial charge < -0.3 is 15.2 Å². The molecule has 210 valence electrons. The average Bonchev–Trinajstić information content (AvgIpc) is 3.18. The molecule has 0 saturated heterocycles. The molecule has 0 bridgehead atoms. The van der Waals surface area contributed by atoms with E-state index < -0.39 is 5.60 Å². The van der Waals surface area contributed by atoms with Crippen LogP contribution < -0.4 is 5.32 Å². The highest BCUT2D eigenvalue weighted by Crippen LogP contribution is 2.67. The van der Waals surface area contributed by atoms with E-state index in [4.69, 9.17) is 4.74 Å². The Kier molecular flexibility index (Phi) is 8.53. The number of allylic oxidation sites excluding steroid dienone is 1. The molecule has 8 unspecified atom stereocenters. The molecule has 1 amide bonds. The number of carbonyl (C=O) groups excluding carboxylic acids is 2. The minimum absolute atomic E-state index is 0.0277. The smallest absolute Gasteiger partial charge is 0.306 e. The molecular weight excluding hydrogens is 462 g/mol. The van der Waals surface area contributed by atoms with Gasteiger partial charge in [-0.3, -0.25) is 9.59 Å². The summed E-state index contributed by atoms with van der Waals surface area (Å²) in [4.78, 5) is 24.1. The molecule has 5 heteroatoms. The van der Waals surface area contributed by atoms with Crippen LogP contribution in [0.15, 0.2) is 11.6 Å². The molecule has 0 heterocycles. The lowest BCUT2D eigenvalue weighted by molar-refractivity contribution is -0.144. The van der Waals surface area contributed by atoms with Crippen molar-refractivity contribution in [1.82, 2.24) is 5.32 Å². The Morgan fingerprint density at radius 2 is 1.89 bits per heavy atom. The van der Waals surface area contributed by atoms with Gasteiger partial charge in [-0.15, -0.1) is 0 Å². The van der Waals surface area contributed by atoms with Gasteiger partial charge in [-0.1, -0.05) is 32.4 Å². The number of aliphatic hydroxyl groups is 1. The number of carbonyl (C=O) groups is 2. The third kappa shape index (κ3) is 5.97. The van der Waals surface area contributed by atoms with E-state index in [2.05, 4.69) is 32.2 Å². The summed E-state index contributed by atoms with van der Waals surface area (Å²) in [7, 11) is 0. The monoisotopic (exact) mass is 515 g/mol. The van der Waals surface area contributed by atoms with Crippen molar-refractivity contribution in [1.29, 1.82) is 0 Å². The first-order valence-corrected chi connectivity index (χ1v) is 15.2. The Hall–Kier alpha value is -1.36. The molecule has 3 saturated carbocycles. The van der Waals surface area contributed by atoms with Gasteiger partial charge in [-0.25, -0.2) is 0 Å². The lowest BCUT2D eigenvalue weighted by Crippen LogP contribution is -2.52. The molecule has 8 atom stereocenters. The molecule has 4 rings (SSSR count). The summed E-state index contributed by atoms with van der Waals surface area (Å²) in [5.74, 6) is 3.49. The van der Waals surface area contributed by atoms with Crippen molar-refractivity contribution in [2.45, 2.75) is 130 Å². The van der Waals surface area contributed by atoms with Gasteiger partial charge in [0.1, 0.15) is 0 Å². The Labute approximate surface area is 225 Å². The van der Waals surface area contributed by atoms with E-state index in [0.717, 1.165) is 55.8 Å². The van der Waals surface area contributed by atoms with Gasteiger partial charge in [-0.2, -0.15) is 0 Å². The van der Waals surface area contributed by atoms with E-state index in [1.165, 1.54) is 32.1 Å². The summed E-state index contributed by atoms with van der Waals surface area (Å²) >= 11 is 0. The molecular formula is C32H53NO4. The van der Waals surface area contributed by atoms with E-state index in [-0.39, 0.29) is 36.2 Å². The van der Waals surface area contributed by atoms with Crippen molar-refractivity contribution in [2.75, 3.05) is 6.61 Å². The Balaban J connectivity index is 1.38. The zero-order valence-corrected chi connectivity index (χ0v) is 24.4. The minimum atomic E-state index is -0.566. The van der Waals surface area contributed by atoms with Gasteiger partial charge in [0.15, 0.2) is 0 Å². The second-order valence-electron chi connectivity index (χ2n) is 14.1. The van der Waals surface area contributed by atoms with Crippen LogP contribution in [0.3, 0.4) is 0 Å². The predicted octanol–water partition coefficient (Wildman–Crippen LogP) is 6.58. The first kappa shape index (κ1) is 28.6. The second-order valence-corrected chi connectivity index (χ2v) is 14.1. The number of fused-ring (bicyclic) bond motifs is 5. The number of ether oxygens (including phenoxy) is 1. The van der Waals surface area contributed by atoms with Crippen molar-refractivity contribution >= 4 is 11.9 Å². The molecule has 2 N–H and O–H groups in total. The maximum absolute atomic E-state index is 12.5. The number of esters is 1. The van der Waals surface area contributed by atoms with Crippen molar-refractivity contribution in [3.63, 3.8) is 0 Å². The van der Waals surface area contributed by atoms with Crippen LogP contribution in [0.2, 0.25) is 0 Å². The first-order chi connectivity index (χ1) is 17.4. The van der Waals surface area contributed by atoms with Gasteiger partial charge in [0.05, 0.1) is 18.6 Å². The van der Waals surface area contributed by atoms with Gasteiger partial charge in [-0.05, 0) is 125 Å². The van der Waals surface area contributed by atoms with Crippen LogP contribution in [-0.4, -0.2) is 35.2 Å². The van der Waals surface area contributed by atoms with Crippen LogP contribution in [0.4, 0.5) is 0 Å². The van der Waals surface area contributed by atoms with E-state index in [0.29, 0.717) is 17.9 Å². The lowest BCUT2D eigenvalue weighted by Gasteiger charge is -2.58. The highest BCUT2D eigenvalue weighted by atomic mass is 16.5. The number of hydrogen-bond acceptors (Lipinski definition) is 4. The molecule has 0 aliphatic heterocycles. The van der Waals surface area contributed by atoms with Crippen molar-refractivity contribution in [2.24, 2.45) is 40.4 Å². The van der Waals surface area contributed by atoms with E-state index >= 15 is 0 Å². The van der Waals surface area contributed by atoms with Crippen LogP contribution in [0.1, 0.15) is 119 Å². The largest absolute Gasteiger partial charge is 0.466 e. The fourth-order valence-electron chi connectivity index (χ4n) is 9.29.